The molecule has 0 unspecified atom stereocenters. The number of methoxy groups -OCH3 is 1. The Morgan fingerprint density at radius 1 is 1.24 bits per heavy atom. The lowest BCUT2D eigenvalue weighted by Gasteiger charge is -2.16. The average molecular weight is 347 g/mol. The first-order valence-corrected chi connectivity index (χ1v) is 8.13. The third-order valence-electron chi connectivity index (χ3n) is 2.73. The number of carbonyl (C=O) groups is 1. The second-order valence-electron chi connectivity index (χ2n) is 4.20. The second-order valence-corrected chi connectivity index (χ2v) is 6.16. The molecule has 0 spiro atoms. The van der Waals surface area contributed by atoms with Crippen molar-refractivity contribution in [3.63, 3.8) is 0 Å². The van der Waals surface area contributed by atoms with Gasteiger partial charge in [0.1, 0.15) is 0 Å². The molecule has 0 fully saturated rings. The van der Waals surface area contributed by atoms with Crippen molar-refractivity contribution >= 4 is 41.0 Å². The zero-order chi connectivity index (χ0) is 14.2. The van der Waals surface area contributed by atoms with Crippen LogP contribution in [0.15, 0.2) is 35.0 Å². The van der Waals surface area contributed by atoms with Gasteiger partial charge in [0.25, 0.3) is 0 Å². The summed E-state index contributed by atoms with van der Waals surface area (Å²) in [7, 11) is 1.64. The molecule has 1 amide bonds. The highest BCUT2D eigenvalue weighted by Gasteiger charge is 2.18. The fourth-order valence-electron chi connectivity index (χ4n) is 1.78. The number of carbonyl (C=O) groups excluding carboxylic acids is 1. The molecule has 0 bridgehead atoms. The Labute approximate surface area is 138 Å². The Morgan fingerprint density at radius 3 is 2.33 bits per heavy atom. The summed E-state index contributed by atoms with van der Waals surface area (Å²) in [5.74, 6) is -0.00657. The maximum Gasteiger partial charge on any atom is 0.234 e. The minimum Gasteiger partial charge on any atom is -0.383 e. The van der Waals surface area contributed by atoms with Crippen LogP contribution in [0.2, 0.25) is 0 Å². The highest BCUT2D eigenvalue weighted by Crippen LogP contribution is 2.28. The SMILES string of the molecule is COCCNCC(=O)NC(c1cccs1)c1cccs1.Cl. The van der Waals surface area contributed by atoms with Crippen LogP contribution in [-0.2, 0) is 9.53 Å². The van der Waals surface area contributed by atoms with E-state index in [0.29, 0.717) is 19.7 Å². The number of amides is 1. The van der Waals surface area contributed by atoms with Gasteiger partial charge < -0.3 is 15.4 Å². The van der Waals surface area contributed by atoms with Crippen molar-refractivity contribution in [2.24, 2.45) is 0 Å². The van der Waals surface area contributed by atoms with Crippen LogP contribution in [0.4, 0.5) is 0 Å². The monoisotopic (exact) mass is 346 g/mol. The molecule has 2 N–H and O–H groups in total. The van der Waals surface area contributed by atoms with E-state index >= 15 is 0 Å². The molecule has 4 nitrogen and oxygen atoms in total. The Hall–Kier alpha value is -0.920. The number of nitrogens with one attached hydrogen (secondary N) is 2. The van der Waals surface area contributed by atoms with Crippen LogP contribution in [0.25, 0.3) is 0 Å². The van der Waals surface area contributed by atoms with Gasteiger partial charge in [0.05, 0.1) is 19.2 Å². The van der Waals surface area contributed by atoms with Crippen LogP contribution < -0.4 is 10.6 Å². The average Bonchev–Trinajstić information content (AvgIpc) is 3.13. The predicted molar refractivity (Wildman–Crippen MR) is 90.6 cm³/mol. The molecule has 0 aliphatic carbocycles. The topological polar surface area (TPSA) is 50.4 Å². The molecule has 0 aliphatic heterocycles. The summed E-state index contributed by atoms with van der Waals surface area (Å²) in [5.41, 5.74) is 0. The minimum absolute atomic E-state index is 0. The molecule has 0 saturated carbocycles. The van der Waals surface area contributed by atoms with Gasteiger partial charge in [-0.25, -0.2) is 0 Å². The van der Waals surface area contributed by atoms with Gasteiger partial charge in [-0.2, -0.15) is 0 Å². The van der Waals surface area contributed by atoms with E-state index in [1.165, 1.54) is 0 Å². The maximum absolute atomic E-state index is 12.0. The number of rotatable bonds is 8. The lowest BCUT2D eigenvalue weighted by atomic mass is 10.2. The molecule has 0 aromatic carbocycles. The van der Waals surface area contributed by atoms with E-state index in [4.69, 9.17) is 4.74 Å². The third kappa shape index (κ3) is 5.76. The Morgan fingerprint density at radius 2 is 1.86 bits per heavy atom. The van der Waals surface area contributed by atoms with Gasteiger partial charge >= 0.3 is 0 Å². The number of ether oxygens (including phenoxy) is 1. The quantitative estimate of drug-likeness (QED) is 0.722. The number of halogens is 1. The lowest BCUT2D eigenvalue weighted by molar-refractivity contribution is -0.120. The van der Waals surface area contributed by atoms with Crippen molar-refractivity contribution in [3.8, 4) is 0 Å². The molecule has 2 rings (SSSR count). The van der Waals surface area contributed by atoms with Crippen molar-refractivity contribution in [1.29, 1.82) is 0 Å². The second kappa shape index (κ2) is 9.92. The first kappa shape index (κ1) is 18.1. The Kier molecular flexibility index (Phi) is 8.56. The maximum atomic E-state index is 12.0. The molecule has 0 atom stereocenters. The van der Waals surface area contributed by atoms with E-state index in [2.05, 4.69) is 10.6 Å². The smallest absolute Gasteiger partial charge is 0.234 e. The molecule has 0 radical (unpaired) electrons. The van der Waals surface area contributed by atoms with Crippen molar-refractivity contribution in [2.75, 3.05) is 26.8 Å². The van der Waals surface area contributed by atoms with Crippen LogP contribution in [0.5, 0.6) is 0 Å². The molecule has 2 aromatic rings. The van der Waals surface area contributed by atoms with Gasteiger partial charge in [-0.3, -0.25) is 4.79 Å². The molecule has 116 valence electrons. The van der Waals surface area contributed by atoms with Crippen molar-refractivity contribution < 1.29 is 9.53 Å². The van der Waals surface area contributed by atoms with Gasteiger partial charge in [0.2, 0.25) is 5.91 Å². The van der Waals surface area contributed by atoms with E-state index in [1.807, 2.05) is 35.0 Å². The Bertz CT molecular complexity index is 469. The standard InChI is InChI=1S/C14H18N2O2S2.ClH/c1-18-7-6-15-10-13(17)16-14(11-4-2-8-19-11)12-5-3-9-20-12;/h2-5,8-9,14-15H,6-7,10H2,1H3,(H,16,17);1H. The summed E-state index contributed by atoms with van der Waals surface area (Å²) in [6, 6.07) is 8.06. The first-order valence-electron chi connectivity index (χ1n) is 6.37. The van der Waals surface area contributed by atoms with Crippen LogP contribution in [0.1, 0.15) is 15.8 Å². The number of hydrogen-bond donors (Lipinski definition) is 2. The lowest BCUT2D eigenvalue weighted by Crippen LogP contribution is -2.37. The summed E-state index contributed by atoms with van der Waals surface area (Å²) < 4.78 is 4.93. The molecule has 7 heteroatoms. The van der Waals surface area contributed by atoms with Crippen LogP contribution in [0.3, 0.4) is 0 Å². The van der Waals surface area contributed by atoms with Crippen LogP contribution >= 0.6 is 35.1 Å². The summed E-state index contributed by atoms with van der Waals surface area (Å²) in [6.07, 6.45) is 0. The first-order chi connectivity index (χ1) is 9.81. The predicted octanol–water partition coefficient (Wildman–Crippen LogP) is 2.67. The molecule has 21 heavy (non-hydrogen) atoms. The van der Waals surface area contributed by atoms with Crippen molar-refractivity contribution in [3.05, 3.63) is 44.8 Å². The van der Waals surface area contributed by atoms with Crippen molar-refractivity contribution in [2.45, 2.75) is 6.04 Å². The molecule has 2 aromatic heterocycles. The minimum atomic E-state index is -0.0493. The van der Waals surface area contributed by atoms with E-state index in [1.54, 1.807) is 29.8 Å². The summed E-state index contributed by atoms with van der Waals surface area (Å²) in [4.78, 5) is 14.3. The van der Waals surface area contributed by atoms with Gasteiger partial charge in [-0.15, -0.1) is 35.1 Å². The fraction of sp³-hybridized carbons (Fsp3) is 0.357. The van der Waals surface area contributed by atoms with Gasteiger partial charge in [0, 0.05) is 23.4 Å². The van der Waals surface area contributed by atoms with E-state index in [-0.39, 0.29) is 24.4 Å². The van der Waals surface area contributed by atoms with Crippen LogP contribution in [0, 0.1) is 0 Å². The summed E-state index contributed by atoms with van der Waals surface area (Å²) >= 11 is 3.31. The normalized spacial score (nSPS) is 10.4. The number of hydrogen-bond acceptors (Lipinski definition) is 5. The highest BCUT2D eigenvalue weighted by atomic mass is 35.5. The fourth-order valence-corrected chi connectivity index (χ4v) is 3.44. The van der Waals surface area contributed by atoms with Gasteiger partial charge in [-0.05, 0) is 22.9 Å². The van der Waals surface area contributed by atoms with Gasteiger partial charge in [-0.1, -0.05) is 12.1 Å². The van der Waals surface area contributed by atoms with E-state index in [0.717, 1.165) is 9.75 Å². The molecular weight excluding hydrogens is 328 g/mol. The zero-order valence-electron chi connectivity index (χ0n) is 11.7. The summed E-state index contributed by atoms with van der Waals surface area (Å²) in [6.45, 7) is 1.58. The zero-order valence-corrected chi connectivity index (χ0v) is 14.2. The molecule has 2 heterocycles. The van der Waals surface area contributed by atoms with Crippen LogP contribution in [-0.4, -0.2) is 32.7 Å². The van der Waals surface area contributed by atoms with E-state index in [9.17, 15) is 4.79 Å². The molecule has 0 aliphatic rings. The number of thiophene rings is 2. The highest BCUT2D eigenvalue weighted by molar-refractivity contribution is 7.11. The van der Waals surface area contributed by atoms with Crippen molar-refractivity contribution in [1.82, 2.24) is 10.6 Å². The Balaban J connectivity index is 0.00000220. The molecule has 0 saturated heterocycles. The van der Waals surface area contributed by atoms with Gasteiger partial charge in [0.15, 0.2) is 0 Å². The summed E-state index contributed by atoms with van der Waals surface area (Å²) in [5, 5.41) is 10.2. The molecular formula is C14H19ClN2O2S2. The largest absolute Gasteiger partial charge is 0.383 e. The van der Waals surface area contributed by atoms with E-state index < -0.39 is 0 Å². The third-order valence-corrected chi connectivity index (χ3v) is 4.60.